The minimum absolute atomic E-state index is 0.333. The molecule has 0 aliphatic heterocycles. The van der Waals surface area contributed by atoms with Gasteiger partial charge in [-0.15, -0.1) is 4.73 Å². The van der Waals surface area contributed by atoms with E-state index in [0.717, 1.165) is 23.1 Å². The highest BCUT2D eigenvalue weighted by Crippen LogP contribution is 2.08. The number of pyridine rings is 1. The second-order valence-corrected chi connectivity index (χ2v) is 4.75. The number of aryl methyl sites for hydroxylation is 1. The maximum atomic E-state index is 11.7. The fraction of sp³-hybridized carbons (Fsp3) is 0.533. The van der Waals surface area contributed by atoms with E-state index in [1.165, 1.54) is 19.3 Å². The highest BCUT2D eigenvalue weighted by Gasteiger charge is 2.05. The fourth-order valence-corrected chi connectivity index (χ4v) is 1.85. The van der Waals surface area contributed by atoms with Crippen molar-refractivity contribution >= 4 is 6.08 Å². The minimum Gasteiger partial charge on any atom is -0.425 e. The van der Waals surface area contributed by atoms with Crippen molar-refractivity contribution in [1.82, 2.24) is 4.73 Å². The molecule has 1 heterocycles. The molecule has 0 amide bonds. The second kappa shape index (κ2) is 7.04. The highest BCUT2D eigenvalue weighted by atomic mass is 16.5. The Morgan fingerprint density at radius 1 is 1.28 bits per heavy atom. The number of allylic oxidation sites excluding steroid dienone is 1. The molecule has 1 aromatic rings. The van der Waals surface area contributed by atoms with Crippen LogP contribution in [-0.4, -0.2) is 9.94 Å². The van der Waals surface area contributed by atoms with E-state index in [9.17, 15) is 10.0 Å². The van der Waals surface area contributed by atoms with E-state index < -0.39 is 0 Å². The summed E-state index contributed by atoms with van der Waals surface area (Å²) in [5, 5.41) is 9.70. The molecule has 0 aliphatic carbocycles. The van der Waals surface area contributed by atoms with Crippen molar-refractivity contribution in [2.45, 2.75) is 52.9 Å². The quantitative estimate of drug-likeness (QED) is 0.617. The van der Waals surface area contributed by atoms with Crippen LogP contribution in [0, 0.1) is 13.8 Å². The first-order valence-corrected chi connectivity index (χ1v) is 6.67. The molecule has 0 atom stereocenters. The van der Waals surface area contributed by atoms with Crippen LogP contribution in [0.25, 0.3) is 6.08 Å². The predicted octanol–water partition coefficient (Wildman–Crippen LogP) is 3.69. The van der Waals surface area contributed by atoms with E-state index in [1.54, 1.807) is 6.92 Å². The van der Waals surface area contributed by atoms with Gasteiger partial charge in [-0.25, -0.2) is 0 Å². The van der Waals surface area contributed by atoms with Gasteiger partial charge >= 0.3 is 0 Å². The lowest BCUT2D eigenvalue weighted by atomic mass is 10.1. The van der Waals surface area contributed by atoms with Crippen molar-refractivity contribution in [2.75, 3.05) is 0 Å². The zero-order chi connectivity index (χ0) is 13.5. The lowest BCUT2D eigenvalue weighted by Gasteiger charge is -2.06. The van der Waals surface area contributed by atoms with Crippen molar-refractivity contribution in [3.8, 4) is 0 Å². The predicted molar refractivity (Wildman–Crippen MR) is 75.2 cm³/mol. The van der Waals surface area contributed by atoms with Crippen LogP contribution in [0.2, 0.25) is 0 Å². The van der Waals surface area contributed by atoms with Crippen LogP contribution in [0.4, 0.5) is 0 Å². The molecule has 1 aromatic heterocycles. The monoisotopic (exact) mass is 249 g/mol. The Bertz CT molecular complexity index is 472. The molecule has 0 aliphatic rings. The third kappa shape index (κ3) is 3.76. The summed E-state index contributed by atoms with van der Waals surface area (Å²) in [5.41, 5.74) is 1.73. The van der Waals surface area contributed by atoms with Crippen molar-refractivity contribution in [1.29, 1.82) is 0 Å². The van der Waals surface area contributed by atoms with Crippen LogP contribution in [0.3, 0.4) is 0 Å². The first-order valence-electron chi connectivity index (χ1n) is 6.67. The van der Waals surface area contributed by atoms with Crippen molar-refractivity contribution < 1.29 is 5.21 Å². The standard InChI is InChI=1S/C15H23NO2/c1-4-5-6-7-8-9-10-14-11-12(2)13(3)15(17)16(14)18/h9-11,18H,4-8H2,1-3H3. The minimum atomic E-state index is -0.333. The molecule has 3 heteroatoms. The van der Waals surface area contributed by atoms with Gasteiger partial charge in [-0.1, -0.05) is 32.3 Å². The van der Waals surface area contributed by atoms with Gasteiger partial charge in [0.05, 0.1) is 5.69 Å². The molecule has 0 spiro atoms. The summed E-state index contributed by atoms with van der Waals surface area (Å²) in [6, 6.07) is 1.83. The van der Waals surface area contributed by atoms with Gasteiger partial charge < -0.3 is 5.21 Å². The number of hydrogen-bond acceptors (Lipinski definition) is 2. The lowest BCUT2D eigenvalue weighted by Crippen LogP contribution is -2.23. The summed E-state index contributed by atoms with van der Waals surface area (Å²) in [4.78, 5) is 11.7. The summed E-state index contributed by atoms with van der Waals surface area (Å²) < 4.78 is 0.727. The van der Waals surface area contributed by atoms with Crippen LogP contribution >= 0.6 is 0 Å². The molecule has 100 valence electrons. The van der Waals surface area contributed by atoms with Gasteiger partial charge in [0.25, 0.3) is 5.56 Å². The molecule has 18 heavy (non-hydrogen) atoms. The Kier molecular flexibility index (Phi) is 5.69. The third-order valence-corrected chi connectivity index (χ3v) is 3.23. The van der Waals surface area contributed by atoms with E-state index in [2.05, 4.69) is 6.92 Å². The number of rotatable bonds is 6. The Balaban J connectivity index is 2.68. The zero-order valence-electron chi connectivity index (χ0n) is 11.6. The van der Waals surface area contributed by atoms with Gasteiger partial charge in [-0.2, -0.15) is 0 Å². The van der Waals surface area contributed by atoms with E-state index in [1.807, 2.05) is 25.1 Å². The van der Waals surface area contributed by atoms with Crippen molar-refractivity contribution in [3.63, 3.8) is 0 Å². The molecule has 0 unspecified atom stereocenters. The number of aromatic nitrogens is 1. The van der Waals surface area contributed by atoms with E-state index in [4.69, 9.17) is 0 Å². The highest BCUT2D eigenvalue weighted by molar-refractivity contribution is 5.47. The summed E-state index contributed by atoms with van der Waals surface area (Å²) in [7, 11) is 0. The smallest absolute Gasteiger partial charge is 0.286 e. The molecule has 0 saturated heterocycles. The molecule has 0 saturated carbocycles. The second-order valence-electron chi connectivity index (χ2n) is 4.75. The third-order valence-electron chi connectivity index (χ3n) is 3.23. The van der Waals surface area contributed by atoms with Gasteiger partial charge in [0.2, 0.25) is 0 Å². The molecule has 1 rings (SSSR count). The van der Waals surface area contributed by atoms with Crippen LogP contribution in [-0.2, 0) is 0 Å². The van der Waals surface area contributed by atoms with Crippen LogP contribution in [0.1, 0.15) is 55.8 Å². The van der Waals surface area contributed by atoms with Crippen LogP contribution < -0.4 is 5.56 Å². The van der Waals surface area contributed by atoms with Crippen LogP contribution in [0.15, 0.2) is 16.9 Å². The van der Waals surface area contributed by atoms with E-state index >= 15 is 0 Å². The van der Waals surface area contributed by atoms with Crippen molar-refractivity contribution in [3.05, 3.63) is 39.3 Å². The molecule has 3 nitrogen and oxygen atoms in total. The topological polar surface area (TPSA) is 42.2 Å². The summed E-state index contributed by atoms with van der Waals surface area (Å²) in [6.07, 6.45) is 9.72. The Morgan fingerprint density at radius 2 is 2.00 bits per heavy atom. The first kappa shape index (κ1) is 14.6. The normalized spacial score (nSPS) is 11.3. The lowest BCUT2D eigenvalue weighted by molar-refractivity contribution is 0.172. The number of nitrogens with zero attached hydrogens (tertiary/aromatic N) is 1. The fourth-order valence-electron chi connectivity index (χ4n) is 1.85. The summed E-state index contributed by atoms with van der Waals surface area (Å²) in [5.74, 6) is 0. The maximum absolute atomic E-state index is 11.7. The molecular weight excluding hydrogens is 226 g/mol. The summed E-state index contributed by atoms with van der Waals surface area (Å²) >= 11 is 0. The van der Waals surface area contributed by atoms with Crippen LogP contribution in [0.5, 0.6) is 0 Å². The Morgan fingerprint density at radius 3 is 2.67 bits per heavy atom. The number of hydrogen-bond donors (Lipinski definition) is 1. The summed E-state index contributed by atoms with van der Waals surface area (Å²) in [6.45, 7) is 5.80. The van der Waals surface area contributed by atoms with E-state index in [-0.39, 0.29) is 5.56 Å². The Hall–Kier alpha value is -1.51. The average molecular weight is 249 g/mol. The molecule has 0 aromatic carbocycles. The Labute approximate surface area is 109 Å². The van der Waals surface area contributed by atoms with Gasteiger partial charge in [-0.3, -0.25) is 4.79 Å². The SMILES string of the molecule is CCCCCCC=Cc1cc(C)c(C)c(=O)n1O. The first-order chi connectivity index (χ1) is 8.57. The molecule has 1 N–H and O–H groups in total. The zero-order valence-corrected chi connectivity index (χ0v) is 11.6. The van der Waals surface area contributed by atoms with Gasteiger partial charge in [-0.05, 0) is 44.4 Å². The van der Waals surface area contributed by atoms with Gasteiger partial charge in [0, 0.05) is 5.56 Å². The van der Waals surface area contributed by atoms with E-state index in [0.29, 0.717) is 11.3 Å². The molecular formula is C15H23NO2. The maximum Gasteiger partial charge on any atom is 0.286 e. The van der Waals surface area contributed by atoms with Gasteiger partial charge in [0.1, 0.15) is 0 Å². The molecule has 0 fully saturated rings. The molecule has 0 bridgehead atoms. The number of unbranched alkanes of at least 4 members (excludes halogenated alkanes) is 4. The van der Waals surface area contributed by atoms with Gasteiger partial charge in [0.15, 0.2) is 0 Å². The largest absolute Gasteiger partial charge is 0.425 e. The van der Waals surface area contributed by atoms with Crippen molar-refractivity contribution in [2.24, 2.45) is 0 Å². The molecule has 0 radical (unpaired) electrons. The average Bonchev–Trinajstić information content (AvgIpc) is 2.37.